The first-order chi connectivity index (χ1) is 11.6. The van der Waals surface area contributed by atoms with Gasteiger partial charge in [0.05, 0.1) is 23.3 Å². The molecule has 3 nitrogen and oxygen atoms in total. The quantitative estimate of drug-likeness (QED) is 0.840. The molecule has 116 valence electrons. The maximum Gasteiger partial charge on any atom is 0.192 e. The van der Waals surface area contributed by atoms with Crippen molar-refractivity contribution in [3.63, 3.8) is 0 Å². The second kappa shape index (κ2) is 5.36. The van der Waals surface area contributed by atoms with Crippen molar-refractivity contribution in [2.45, 2.75) is 12.8 Å². The van der Waals surface area contributed by atoms with Crippen LogP contribution in [-0.4, -0.2) is 5.78 Å². The average molecular weight is 333 g/mol. The van der Waals surface area contributed by atoms with Crippen LogP contribution < -0.4 is 5.32 Å². The van der Waals surface area contributed by atoms with Crippen LogP contribution in [0.2, 0.25) is 5.02 Å². The fourth-order valence-electron chi connectivity index (χ4n) is 3.50. The van der Waals surface area contributed by atoms with Crippen molar-refractivity contribution in [1.82, 2.24) is 5.32 Å². The third-order valence-corrected chi connectivity index (χ3v) is 4.93. The molecule has 0 bridgehead atoms. The van der Waals surface area contributed by atoms with E-state index in [0.717, 1.165) is 22.5 Å². The number of hydrogen-bond acceptors (Lipinski definition) is 3. The van der Waals surface area contributed by atoms with Gasteiger partial charge >= 0.3 is 0 Å². The van der Waals surface area contributed by atoms with Gasteiger partial charge in [-0.1, -0.05) is 54.1 Å². The van der Waals surface area contributed by atoms with Gasteiger partial charge in [-0.05, 0) is 18.6 Å². The summed E-state index contributed by atoms with van der Waals surface area (Å²) in [5.74, 6) is -0.488. The monoisotopic (exact) mass is 332 g/mol. The predicted molar refractivity (Wildman–Crippen MR) is 93.3 cm³/mol. The van der Waals surface area contributed by atoms with Crippen LogP contribution in [0, 0.1) is 11.3 Å². The lowest BCUT2D eigenvalue weighted by molar-refractivity contribution is 0.103. The van der Waals surface area contributed by atoms with E-state index >= 15 is 0 Å². The molecule has 24 heavy (non-hydrogen) atoms. The minimum absolute atomic E-state index is 0.0433. The van der Waals surface area contributed by atoms with Crippen molar-refractivity contribution in [2.75, 3.05) is 0 Å². The number of nitrogens with one attached hydrogen (secondary N) is 1. The maximum absolute atomic E-state index is 13.0. The number of rotatable bonds is 1. The molecule has 0 radical (unpaired) electrons. The summed E-state index contributed by atoms with van der Waals surface area (Å²) in [6, 6.07) is 17.2. The molecule has 0 amide bonds. The van der Waals surface area contributed by atoms with Gasteiger partial charge in [-0.25, -0.2) is 0 Å². The molecule has 1 atom stereocenters. The Morgan fingerprint density at radius 2 is 1.75 bits per heavy atom. The fraction of sp³-hybridized carbons (Fsp3) is 0.100. The zero-order chi connectivity index (χ0) is 16.8. The fourth-order valence-corrected chi connectivity index (χ4v) is 3.74. The molecule has 0 unspecified atom stereocenters. The molecule has 1 N–H and O–H groups in total. The number of benzene rings is 2. The molecule has 1 aliphatic heterocycles. The van der Waals surface area contributed by atoms with Crippen LogP contribution in [0.4, 0.5) is 0 Å². The highest BCUT2D eigenvalue weighted by atomic mass is 35.5. The van der Waals surface area contributed by atoms with Gasteiger partial charge < -0.3 is 5.32 Å². The van der Waals surface area contributed by atoms with E-state index in [1.165, 1.54) is 0 Å². The van der Waals surface area contributed by atoms with E-state index in [1.807, 2.05) is 49.4 Å². The summed E-state index contributed by atoms with van der Waals surface area (Å²) < 4.78 is 0. The van der Waals surface area contributed by atoms with Crippen LogP contribution in [0.5, 0.6) is 0 Å². The molecular weight excluding hydrogens is 320 g/mol. The van der Waals surface area contributed by atoms with Crippen molar-refractivity contribution in [3.05, 3.63) is 87.1 Å². The van der Waals surface area contributed by atoms with Gasteiger partial charge in [0.1, 0.15) is 0 Å². The molecule has 0 spiro atoms. The lowest BCUT2D eigenvalue weighted by atomic mass is 9.80. The van der Waals surface area contributed by atoms with Crippen LogP contribution in [0.3, 0.4) is 0 Å². The van der Waals surface area contributed by atoms with Crippen molar-refractivity contribution in [2.24, 2.45) is 0 Å². The number of fused-ring (bicyclic) bond motifs is 2. The summed E-state index contributed by atoms with van der Waals surface area (Å²) in [6.07, 6.45) is 0. The SMILES string of the molecule is CC1=C(C#N)[C@@H](c2ccccc2Cl)C2=C(N1)c1ccccc1C2=O. The molecule has 0 fully saturated rings. The minimum atomic E-state index is -0.445. The Morgan fingerprint density at radius 3 is 2.46 bits per heavy atom. The Kier molecular flexibility index (Phi) is 3.30. The molecule has 0 aromatic heterocycles. The summed E-state index contributed by atoms with van der Waals surface area (Å²) in [5, 5.41) is 13.5. The highest BCUT2D eigenvalue weighted by Gasteiger charge is 2.40. The number of nitriles is 1. The van der Waals surface area contributed by atoms with E-state index < -0.39 is 5.92 Å². The molecule has 4 heteroatoms. The zero-order valence-electron chi connectivity index (χ0n) is 12.9. The summed E-state index contributed by atoms with van der Waals surface area (Å²) in [5.41, 5.74) is 5.01. The Bertz CT molecular complexity index is 995. The largest absolute Gasteiger partial charge is 0.357 e. The maximum atomic E-state index is 13.0. The van der Waals surface area contributed by atoms with Gasteiger partial charge in [-0.3, -0.25) is 4.79 Å². The number of ketones is 1. The number of carbonyl (C=O) groups is 1. The number of carbonyl (C=O) groups excluding carboxylic acids is 1. The highest BCUT2D eigenvalue weighted by molar-refractivity contribution is 6.32. The smallest absolute Gasteiger partial charge is 0.192 e. The molecule has 2 aromatic carbocycles. The predicted octanol–water partition coefficient (Wildman–Crippen LogP) is 4.43. The van der Waals surface area contributed by atoms with E-state index in [2.05, 4.69) is 11.4 Å². The van der Waals surface area contributed by atoms with Gasteiger partial charge in [-0.2, -0.15) is 5.26 Å². The van der Waals surface area contributed by atoms with Gasteiger partial charge in [-0.15, -0.1) is 0 Å². The molecule has 0 saturated heterocycles. The van der Waals surface area contributed by atoms with E-state index in [0.29, 0.717) is 21.7 Å². The van der Waals surface area contributed by atoms with Crippen LogP contribution >= 0.6 is 11.6 Å². The van der Waals surface area contributed by atoms with Crippen LogP contribution in [0.25, 0.3) is 5.70 Å². The lowest BCUT2D eigenvalue weighted by Gasteiger charge is -2.27. The summed E-state index contributed by atoms with van der Waals surface area (Å²) in [7, 11) is 0. The second-order valence-corrected chi connectivity index (χ2v) is 6.30. The first kappa shape index (κ1) is 14.7. The van der Waals surface area contributed by atoms with E-state index in [-0.39, 0.29) is 5.78 Å². The Balaban J connectivity index is 2.00. The Labute approximate surface area is 144 Å². The Morgan fingerprint density at radius 1 is 1.08 bits per heavy atom. The first-order valence-corrected chi connectivity index (χ1v) is 8.02. The topological polar surface area (TPSA) is 52.9 Å². The van der Waals surface area contributed by atoms with Crippen LogP contribution in [-0.2, 0) is 0 Å². The molecular formula is C20H13ClN2O. The van der Waals surface area contributed by atoms with Gasteiger partial charge in [0.15, 0.2) is 5.78 Å². The summed E-state index contributed by atoms with van der Waals surface area (Å²) in [4.78, 5) is 13.0. The molecule has 1 aliphatic carbocycles. The second-order valence-electron chi connectivity index (χ2n) is 5.89. The number of hydrogen-bond donors (Lipinski definition) is 1. The highest BCUT2D eigenvalue weighted by Crippen LogP contribution is 2.47. The number of halogens is 1. The van der Waals surface area contributed by atoms with Crippen molar-refractivity contribution < 1.29 is 4.79 Å². The van der Waals surface area contributed by atoms with Crippen LogP contribution in [0.15, 0.2) is 65.4 Å². The molecule has 0 saturated carbocycles. The molecule has 2 aliphatic rings. The van der Waals surface area contributed by atoms with Crippen molar-refractivity contribution in [3.8, 4) is 6.07 Å². The number of dihydropyridines is 1. The average Bonchev–Trinajstić information content (AvgIpc) is 2.87. The standard InChI is InChI=1S/C20H13ClN2O/c1-11-15(10-22)17(14-8-4-5-9-16(14)21)18-19(23-11)12-6-2-3-7-13(12)20(18)24/h2-9,17,23H,1H3/t17-/m1/s1. The van der Waals surface area contributed by atoms with E-state index in [1.54, 1.807) is 6.07 Å². The number of Topliss-reactive ketones (excluding diaryl/α,β-unsaturated/α-hetero) is 1. The third kappa shape index (κ3) is 1.94. The summed E-state index contributed by atoms with van der Waals surface area (Å²) in [6.45, 7) is 1.86. The van der Waals surface area contributed by atoms with E-state index in [4.69, 9.17) is 11.6 Å². The first-order valence-electron chi connectivity index (χ1n) is 7.64. The van der Waals surface area contributed by atoms with Crippen molar-refractivity contribution >= 4 is 23.1 Å². The molecule has 4 rings (SSSR count). The third-order valence-electron chi connectivity index (χ3n) is 4.59. The zero-order valence-corrected chi connectivity index (χ0v) is 13.7. The molecule has 1 heterocycles. The normalized spacial score (nSPS) is 18.9. The van der Waals surface area contributed by atoms with Gasteiger partial charge in [0.2, 0.25) is 0 Å². The van der Waals surface area contributed by atoms with Crippen molar-refractivity contribution in [1.29, 1.82) is 5.26 Å². The molecule has 2 aromatic rings. The number of nitrogens with zero attached hydrogens (tertiary/aromatic N) is 1. The lowest BCUT2D eigenvalue weighted by Crippen LogP contribution is -2.24. The van der Waals surface area contributed by atoms with E-state index in [9.17, 15) is 10.1 Å². The van der Waals surface area contributed by atoms with Gasteiger partial charge in [0, 0.05) is 27.4 Å². The minimum Gasteiger partial charge on any atom is -0.357 e. The van der Waals surface area contributed by atoms with Gasteiger partial charge in [0.25, 0.3) is 0 Å². The number of allylic oxidation sites excluding steroid dienone is 3. The van der Waals surface area contributed by atoms with Crippen LogP contribution in [0.1, 0.15) is 34.3 Å². The summed E-state index contributed by atoms with van der Waals surface area (Å²) >= 11 is 6.39. The Hall–Kier alpha value is -2.83.